The van der Waals surface area contributed by atoms with Crippen molar-refractivity contribution in [1.29, 1.82) is 0 Å². The van der Waals surface area contributed by atoms with E-state index in [0.29, 0.717) is 0 Å². The molecule has 1 atom stereocenters. The largest absolute Gasteiger partial charge is 0.457 e. The van der Waals surface area contributed by atoms with Gasteiger partial charge in [0.05, 0.1) is 6.61 Å². The van der Waals surface area contributed by atoms with Crippen molar-refractivity contribution in [2.24, 2.45) is 5.92 Å². The van der Waals surface area contributed by atoms with E-state index in [2.05, 4.69) is 15.5 Å². The summed E-state index contributed by atoms with van der Waals surface area (Å²) in [5.41, 5.74) is 0. The van der Waals surface area contributed by atoms with Crippen molar-refractivity contribution >= 4 is 28.9 Å². The Morgan fingerprint density at radius 3 is 2.48 bits per heavy atom. The van der Waals surface area contributed by atoms with Crippen molar-refractivity contribution in [3.8, 4) is 0 Å². The molecule has 2 N–H and O–H groups in total. The molecule has 0 aromatic heterocycles. The molecule has 23 heavy (non-hydrogen) atoms. The molecule has 0 fully saturated rings. The highest BCUT2D eigenvalue weighted by atomic mass is 32.2. The van der Waals surface area contributed by atoms with Crippen LogP contribution >= 0.6 is 11.8 Å². The topological polar surface area (TPSA) is 137 Å². The van der Waals surface area contributed by atoms with Crippen LogP contribution in [0.25, 0.3) is 0 Å². The Kier molecular flexibility index (Phi) is 10.5. The van der Waals surface area contributed by atoms with Crippen LogP contribution in [0.2, 0.25) is 0 Å². The lowest BCUT2D eigenvalue weighted by Crippen LogP contribution is -2.48. The van der Waals surface area contributed by atoms with Crippen LogP contribution in [0, 0.1) is 16.0 Å². The summed E-state index contributed by atoms with van der Waals surface area (Å²) in [6.07, 6.45) is 0. The van der Waals surface area contributed by atoms with Crippen LogP contribution in [-0.2, 0) is 19.2 Å². The number of carbonyl (C=O) groups excluding carboxylic acids is 3. The molecular formula is C12H21N3O7S. The van der Waals surface area contributed by atoms with Gasteiger partial charge in [-0.15, -0.1) is 10.1 Å². The van der Waals surface area contributed by atoms with Crippen LogP contribution in [0.4, 0.5) is 4.79 Å². The van der Waals surface area contributed by atoms with E-state index in [-0.39, 0.29) is 31.4 Å². The molecule has 0 heterocycles. The summed E-state index contributed by atoms with van der Waals surface area (Å²) in [5.74, 6) is -0.840. The molecule has 0 saturated heterocycles. The maximum atomic E-state index is 11.9. The molecule has 132 valence electrons. The number of nitrogens with zero attached hydrogens (tertiary/aromatic N) is 1. The zero-order valence-corrected chi connectivity index (χ0v) is 14.0. The molecule has 0 aromatic rings. The first-order valence-corrected chi connectivity index (χ1v) is 7.82. The lowest BCUT2D eigenvalue weighted by Gasteiger charge is -2.16. The van der Waals surface area contributed by atoms with E-state index < -0.39 is 28.2 Å². The van der Waals surface area contributed by atoms with Crippen molar-refractivity contribution in [1.82, 2.24) is 10.6 Å². The minimum Gasteiger partial charge on any atom is -0.457 e. The predicted molar refractivity (Wildman–Crippen MR) is 82.2 cm³/mol. The summed E-state index contributed by atoms with van der Waals surface area (Å²) < 4.78 is 4.95. The summed E-state index contributed by atoms with van der Waals surface area (Å²) in [7, 11) is 0. The molecule has 0 aromatic carbocycles. The van der Waals surface area contributed by atoms with E-state index in [1.165, 1.54) is 6.92 Å². The molecule has 0 bridgehead atoms. The third-order valence-corrected chi connectivity index (χ3v) is 3.05. The predicted octanol–water partition coefficient (Wildman–Crippen LogP) is 0.341. The molecule has 0 aliphatic heterocycles. The monoisotopic (exact) mass is 351 g/mol. The van der Waals surface area contributed by atoms with Crippen molar-refractivity contribution in [2.75, 3.05) is 25.5 Å². The number of thioether (sulfide) groups is 1. The first-order valence-electron chi connectivity index (χ1n) is 6.84. The summed E-state index contributed by atoms with van der Waals surface area (Å²) in [6, 6.07) is -0.959. The van der Waals surface area contributed by atoms with Gasteiger partial charge in [0.2, 0.25) is 11.8 Å². The van der Waals surface area contributed by atoms with Gasteiger partial charge in [-0.2, -0.15) is 0 Å². The third-order valence-electron chi connectivity index (χ3n) is 2.19. The van der Waals surface area contributed by atoms with Crippen LogP contribution in [-0.4, -0.2) is 53.8 Å². The van der Waals surface area contributed by atoms with Gasteiger partial charge in [-0.25, -0.2) is 4.79 Å². The molecule has 0 aliphatic carbocycles. The fourth-order valence-electron chi connectivity index (χ4n) is 1.27. The molecule has 2 amide bonds. The number of nitrogens with one attached hydrogen (secondary N) is 2. The van der Waals surface area contributed by atoms with Gasteiger partial charge in [0, 0.05) is 19.2 Å². The van der Waals surface area contributed by atoms with Crippen molar-refractivity contribution in [3.63, 3.8) is 0 Å². The fraction of sp³-hybridized carbons (Fsp3) is 0.750. The second kappa shape index (κ2) is 11.5. The van der Waals surface area contributed by atoms with E-state index in [9.17, 15) is 24.5 Å². The van der Waals surface area contributed by atoms with Crippen LogP contribution in [0.5, 0.6) is 0 Å². The lowest BCUT2D eigenvalue weighted by atomic mass is 10.2. The highest BCUT2D eigenvalue weighted by Crippen LogP contribution is 2.09. The van der Waals surface area contributed by atoms with Crippen molar-refractivity contribution in [3.05, 3.63) is 10.1 Å². The summed E-state index contributed by atoms with van der Waals surface area (Å²) in [6.45, 7) is 4.86. The standard InChI is InChI=1S/C12H21N3O7S/c1-8(2)6-21-12(18)23-7-10(14-9(3)16)11(17)13-4-5-22-15(19)20/h8,10H,4-7H2,1-3H3,(H,13,17)(H,14,16)/t10-/m0/s1. The van der Waals surface area contributed by atoms with Gasteiger partial charge in [0.15, 0.2) is 0 Å². The Morgan fingerprint density at radius 1 is 1.30 bits per heavy atom. The maximum Gasteiger partial charge on any atom is 0.367 e. The quantitative estimate of drug-likeness (QED) is 0.249. The van der Waals surface area contributed by atoms with Gasteiger partial charge in [0.1, 0.15) is 12.6 Å². The number of amides is 2. The number of carbonyl (C=O) groups is 3. The van der Waals surface area contributed by atoms with E-state index in [4.69, 9.17) is 4.74 Å². The van der Waals surface area contributed by atoms with Gasteiger partial charge in [0.25, 0.3) is 5.09 Å². The minimum atomic E-state index is -0.974. The molecule has 0 rings (SSSR count). The second-order valence-electron chi connectivity index (χ2n) is 4.87. The molecule has 0 spiro atoms. The highest BCUT2D eigenvalue weighted by molar-refractivity contribution is 8.13. The van der Waals surface area contributed by atoms with E-state index in [1.54, 1.807) is 0 Å². The van der Waals surface area contributed by atoms with Gasteiger partial charge < -0.3 is 20.2 Å². The van der Waals surface area contributed by atoms with Crippen LogP contribution in [0.1, 0.15) is 20.8 Å². The Balaban J connectivity index is 4.28. The van der Waals surface area contributed by atoms with Gasteiger partial charge in [-0.1, -0.05) is 13.8 Å². The van der Waals surface area contributed by atoms with E-state index in [1.807, 2.05) is 13.8 Å². The first kappa shape index (κ1) is 21.0. The normalized spacial score (nSPS) is 11.5. The Morgan fingerprint density at radius 2 is 1.96 bits per heavy atom. The van der Waals surface area contributed by atoms with Gasteiger partial charge in [-0.05, 0) is 17.7 Å². The summed E-state index contributed by atoms with van der Waals surface area (Å²) in [5, 5.41) is 13.2. The molecule has 0 saturated carbocycles. The smallest absolute Gasteiger partial charge is 0.367 e. The number of hydrogen-bond donors (Lipinski definition) is 2. The van der Waals surface area contributed by atoms with Crippen LogP contribution in [0.3, 0.4) is 0 Å². The average Bonchev–Trinajstić information content (AvgIpc) is 2.44. The Labute approximate surface area is 137 Å². The maximum absolute atomic E-state index is 11.9. The first-order chi connectivity index (χ1) is 10.7. The van der Waals surface area contributed by atoms with Gasteiger partial charge >= 0.3 is 5.30 Å². The number of rotatable bonds is 10. The second-order valence-corrected chi connectivity index (χ2v) is 5.82. The van der Waals surface area contributed by atoms with E-state index in [0.717, 1.165) is 11.8 Å². The van der Waals surface area contributed by atoms with E-state index >= 15 is 0 Å². The third kappa shape index (κ3) is 12.2. The minimum absolute atomic E-state index is 0.0154. The molecule has 0 unspecified atom stereocenters. The molecule has 11 heteroatoms. The number of hydrogen-bond acceptors (Lipinski definition) is 8. The Hall–Kier alpha value is -2.04. The van der Waals surface area contributed by atoms with Crippen LogP contribution < -0.4 is 10.6 Å². The SMILES string of the molecule is CC(=O)N[C@@H](CSC(=O)OCC(C)C)C(=O)NCCO[N+](=O)[O-]. The molecule has 10 nitrogen and oxygen atoms in total. The van der Waals surface area contributed by atoms with Crippen LogP contribution in [0.15, 0.2) is 0 Å². The average molecular weight is 351 g/mol. The molecule has 0 radical (unpaired) electrons. The Bertz CT molecular complexity index is 431. The number of ether oxygens (including phenoxy) is 1. The molecular weight excluding hydrogens is 330 g/mol. The highest BCUT2D eigenvalue weighted by Gasteiger charge is 2.21. The van der Waals surface area contributed by atoms with Gasteiger partial charge in [-0.3, -0.25) is 9.59 Å². The molecule has 0 aliphatic rings. The van der Waals surface area contributed by atoms with Crippen molar-refractivity contribution in [2.45, 2.75) is 26.8 Å². The fourth-order valence-corrected chi connectivity index (χ4v) is 1.96. The summed E-state index contributed by atoms with van der Waals surface area (Å²) in [4.78, 5) is 48.5. The zero-order valence-electron chi connectivity index (χ0n) is 13.2. The zero-order chi connectivity index (χ0) is 17.8. The summed E-state index contributed by atoms with van der Waals surface area (Å²) >= 11 is 0.765. The van der Waals surface area contributed by atoms with Crippen molar-refractivity contribution < 1.29 is 29.0 Å². The lowest BCUT2D eigenvalue weighted by molar-refractivity contribution is -0.757.